The standard InChI is InChI=1S/C10H11BrClNO4S/c11-7-3-4-8(12)9(6-7)18(16,17)13-5-1-2-10(14)15/h3-4,6,13H,1-2,5H2,(H,14,15). The van der Waals surface area contributed by atoms with E-state index in [1.54, 1.807) is 6.07 Å². The minimum atomic E-state index is -3.72. The van der Waals surface area contributed by atoms with Crippen molar-refractivity contribution in [3.05, 3.63) is 27.7 Å². The van der Waals surface area contributed by atoms with Crippen LogP contribution >= 0.6 is 27.5 Å². The molecule has 0 aliphatic heterocycles. The molecule has 0 amide bonds. The molecule has 1 aromatic rings. The summed E-state index contributed by atoms with van der Waals surface area (Å²) in [6.07, 6.45) is 0.134. The van der Waals surface area contributed by atoms with E-state index in [4.69, 9.17) is 16.7 Å². The van der Waals surface area contributed by atoms with Crippen LogP contribution < -0.4 is 4.72 Å². The van der Waals surface area contributed by atoms with Crippen molar-refractivity contribution in [1.29, 1.82) is 0 Å². The fraction of sp³-hybridized carbons (Fsp3) is 0.300. The highest BCUT2D eigenvalue weighted by atomic mass is 79.9. The number of halogens is 2. The smallest absolute Gasteiger partial charge is 0.303 e. The van der Waals surface area contributed by atoms with Crippen LogP contribution in [0.3, 0.4) is 0 Å². The first-order valence-corrected chi connectivity index (χ1v) is 7.65. The molecule has 0 saturated heterocycles. The molecular weight excluding hydrogens is 346 g/mol. The van der Waals surface area contributed by atoms with Gasteiger partial charge in [0.15, 0.2) is 0 Å². The number of nitrogens with one attached hydrogen (secondary N) is 1. The van der Waals surface area contributed by atoms with Gasteiger partial charge in [-0.15, -0.1) is 0 Å². The molecule has 0 saturated carbocycles. The number of carbonyl (C=O) groups is 1. The Kier molecular flexibility index (Phi) is 5.58. The Labute approximate surface area is 118 Å². The highest BCUT2D eigenvalue weighted by Crippen LogP contribution is 2.24. The van der Waals surface area contributed by atoms with E-state index < -0.39 is 16.0 Å². The molecular formula is C10H11BrClNO4S. The maximum atomic E-state index is 11.9. The minimum absolute atomic E-state index is 0.0335. The largest absolute Gasteiger partial charge is 0.481 e. The summed E-state index contributed by atoms with van der Waals surface area (Å²) < 4.78 is 26.7. The number of aliphatic carboxylic acids is 1. The van der Waals surface area contributed by atoms with Crippen molar-refractivity contribution in [1.82, 2.24) is 4.72 Å². The van der Waals surface area contributed by atoms with Crippen LogP contribution in [0.25, 0.3) is 0 Å². The van der Waals surface area contributed by atoms with Crippen LogP contribution in [0.15, 0.2) is 27.6 Å². The van der Waals surface area contributed by atoms with Crippen LogP contribution in [0, 0.1) is 0 Å². The summed E-state index contributed by atoms with van der Waals surface area (Å²) in [7, 11) is -3.72. The summed E-state index contributed by atoms with van der Waals surface area (Å²) in [6.45, 7) is 0.0531. The van der Waals surface area contributed by atoms with Gasteiger partial charge in [0.25, 0.3) is 0 Å². The van der Waals surface area contributed by atoms with Gasteiger partial charge in [-0.1, -0.05) is 27.5 Å². The lowest BCUT2D eigenvalue weighted by Gasteiger charge is -2.08. The number of hydrogen-bond acceptors (Lipinski definition) is 3. The summed E-state index contributed by atoms with van der Waals surface area (Å²) >= 11 is 8.97. The van der Waals surface area contributed by atoms with Gasteiger partial charge in [0.1, 0.15) is 4.90 Å². The van der Waals surface area contributed by atoms with Crippen LogP contribution in [0.4, 0.5) is 0 Å². The maximum Gasteiger partial charge on any atom is 0.303 e. The molecule has 2 N–H and O–H groups in total. The van der Waals surface area contributed by atoms with E-state index in [1.807, 2.05) is 0 Å². The fourth-order valence-electron chi connectivity index (χ4n) is 1.21. The second-order valence-corrected chi connectivity index (χ2v) is 6.53. The first kappa shape index (κ1) is 15.4. The highest BCUT2D eigenvalue weighted by Gasteiger charge is 2.17. The van der Waals surface area contributed by atoms with Gasteiger partial charge in [-0.3, -0.25) is 4.79 Å². The van der Waals surface area contributed by atoms with Crippen molar-refractivity contribution in [2.24, 2.45) is 0 Å². The van der Waals surface area contributed by atoms with E-state index in [9.17, 15) is 13.2 Å². The van der Waals surface area contributed by atoms with Gasteiger partial charge < -0.3 is 5.11 Å². The molecule has 0 atom stereocenters. The van der Waals surface area contributed by atoms with Gasteiger partial charge in [0.2, 0.25) is 10.0 Å². The normalized spacial score (nSPS) is 11.4. The molecule has 1 rings (SSSR count). The van der Waals surface area contributed by atoms with Gasteiger partial charge in [-0.25, -0.2) is 13.1 Å². The number of sulfonamides is 1. The van der Waals surface area contributed by atoms with Crippen molar-refractivity contribution in [3.63, 3.8) is 0 Å². The summed E-state index contributed by atoms with van der Waals surface area (Å²) in [5.74, 6) is -0.963. The van der Waals surface area contributed by atoms with E-state index in [2.05, 4.69) is 20.7 Å². The SMILES string of the molecule is O=C(O)CCCNS(=O)(=O)c1cc(Br)ccc1Cl. The molecule has 0 aliphatic rings. The first-order valence-electron chi connectivity index (χ1n) is 4.99. The molecule has 18 heavy (non-hydrogen) atoms. The quantitative estimate of drug-likeness (QED) is 0.766. The Bertz CT molecular complexity index is 547. The second-order valence-electron chi connectivity index (χ2n) is 3.47. The number of carboxylic acid groups (broad SMARTS) is 1. The molecule has 8 heteroatoms. The Balaban J connectivity index is 2.74. The summed E-state index contributed by atoms with van der Waals surface area (Å²) in [4.78, 5) is 10.3. The zero-order valence-electron chi connectivity index (χ0n) is 9.19. The third-order valence-corrected chi connectivity index (χ3v) is 4.48. The van der Waals surface area contributed by atoms with E-state index in [-0.39, 0.29) is 29.3 Å². The zero-order chi connectivity index (χ0) is 13.8. The highest BCUT2D eigenvalue weighted by molar-refractivity contribution is 9.10. The van der Waals surface area contributed by atoms with E-state index in [1.165, 1.54) is 12.1 Å². The Morgan fingerprint density at radius 3 is 2.72 bits per heavy atom. The molecule has 0 aromatic heterocycles. The van der Waals surface area contributed by atoms with Gasteiger partial charge in [0, 0.05) is 17.4 Å². The summed E-state index contributed by atoms with van der Waals surface area (Å²) in [5.41, 5.74) is 0. The average Bonchev–Trinajstić information content (AvgIpc) is 2.27. The molecule has 5 nitrogen and oxygen atoms in total. The average molecular weight is 357 g/mol. The topological polar surface area (TPSA) is 83.5 Å². The van der Waals surface area contributed by atoms with Crippen LogP contribution in [0.5, 0.6) is 0 Å². The number of carboxylic acids is 1. The zero-order valence-corrected chi connectivity index (χ0v) is 12.3. The molecule has 0 radical (unpaired) electrons. The van der Waals surface area contributed by atoms with Crippen molar-refractivity contribution in [3.8, 4) is 0 Å². The third kappa shape index (κ3) is 4.56. The Morgan fingerprint density at radius 1 is 1.44 bits per heavy atom. The Hall–Kier alpha value is -0.630. The molecule has 0 spiro atoms. The van der Waals surface area contributed by atoms with Crippen molar-refractivity contribution in [2.75, 3.05) is 6.54 Å². The predicted molar refractivity (Wildman–Crippen MR) is 71.2 cm³/mol. The monoisotopic (exact) mass is 355 g/mol. The lowest BCUT2D eigenvalue weighted by Crippen LogP contribution is -2.25. The van der Waals surface area contributed by atoms with Gasteiger partial charge in [-0.2, -0.15) is 0 Å². The van der Waals surface area contributed by atoms with Crippen LogP contribution in [-0.2, 0) is 14.8 Å². The van der Waals surface area contributed by atoms with Gasteiger partial charge in [-0.05, 0) is 24.6 Å². The summed E-state index contributed by atoms with van der Waals surface area (Å²) in [5, 5.41) is 8.55. The molecule has 0 unspecified atom stereocenters. The lowest BCUT2D eigenvalue weighted by atomic mass is 10.3. The maximum absolute atomic E-state index is 11.9. The number of rotatable bonds is 6. The predicted octanol–water partition coefficient (Wildman–Crippen LogP) is 2.25. The molecule has 1 aromatic carbocycles. The minimum Gasteiger partial charge on any atom is -0.481 e. The Morgan fingerprint density at radius 2 is 2.11 bits per heavy atom. The first-order chi connectivity index (χ1) is 8.33. The number of hydrogen-bond donors (Lipinski definition) is 2. The lowest BCUT2D eigenvalue weighted by molar-refractivity contribution is -0.137. The number of benzene rings is 1. The van der Waals surface area contributed by atoms with Gasteiger partial charge >= 0.3 is 5.97 Å². The summed E-state index contributed by atoms with van der Waals surface area (Å²) in [6, 6.07) is 4.49. The van der Waals surface area contributed by atoms with E-state index >= 15 is 0 Å². The fourth-order valence-corrected chi connectivity index (χ4v) is 3.32. The third-order valence-electron chi connectivity index (χ3n) is 2.04. The van der Waals surface area contributed by atoms with Crippen molar-refractivity contribution < 1.29 is 18.3 Å². The van der Waals surface area contributed by atoms with Crippen LogP contribution in [-0.4, -0.2) is 26.0 Å². The molecule has 0 fully saturated rings. The van der Waals surface area contributed by atoms with Crippen LogP contribution in [0.1, 0.15) is 12.8 Å². The molecule has 100 valence electrons. The van der Waals surface area contributed by atoms with Crippen molar-refractivity contribution >= 4 is 43.5 Å². The molecule has 0 aliphatic carbocycles. The second kappa shape index (κ2) is 6.51. The molecule has 0 heterocycles. The van der Waals surface area contributed by atoms with Crippen molar-refractivity contribution in [2.45, 2.75) is 17.7 Å². The molecule has 0 bridgehead atoms. The van der Waals surface area contributed by atoms with Gasteiger partial charge in [0.05, 0.1) is 5.02 Å². The van der Waals surface area contributed by atoms with Crippen LogP contribution in [0.2, 0.25) is 5.02 Å². The van der Waals surface area contributed by atoms with E-state index in [0.717, 1.165) is 0 Å². The van der Waals surface area contributed by atoms with E-state index in [0.29, 0.717) is 4.47 Å².